The van der Waals surface area contributed by atoms with Gasteiger partial charge in [0.15, 0.2) is 0 Å². The van der Waals surface area contributed by atoms with Crippen LogP contribution < -0.4 is 5.32 Å². The van der Waals surface area contributed by atoms with Gasteiger partial charge in [0.1, 0.15) is 5.60 Å². The number of piperidine rings is 1. The predicted octanol–water partition coefficient (Wildman–Crippen LogP) is 1.13. The van der Waals surface area contributed by atoms with Gasteiger partial charge in [-0.15, -0.1) is 0 Å². The van der Waals surface area contributed by atoms with Gasteiger partial charge >= 0.3 is 0 Å². The fraction of sp³-hybridized carbons (Fsp3) is 0.684. The number of likely N-dealkylation sites (tertiary alicyclic amines) is 1. The van der Waals surface area contributed by atoms with Gasteiger partial charge in [-0.2, -0.15) is 0 Å². The molecule has 3 rings (SSSR count). The number of amides is 1. The molecular weight excluding hydrogens is 318 g/mol. The maximum absolute atomic E-state index is 12.5. The van der Waals surface area contributed by atoms with Crippen molar-refractivity contribution in [1.29, 1.82) is 0 Å². The second-order valence-electron chi connectivity index (χ2n) is 7.62. The average Bonchev–Trinajstić information content (AvgIpc) is 2.63. The molecule has 1 aromatic rings. The maximum Gasteiger partial charge on any atom is 0.222 e. The standard InChI is InChI=1S/C19H29N3O3/c1-18(24)14-25-19(12-16(18)20-2)7-10-22(11-8-19)17(23)6-5-15-4-3-9-21-13-15/h3-4,9,13,16,20,24H,5-8,10-12,14H2,1-2H3/t16-,18-/m0/s1. The SMILES string of the molecule is CN[C@H]1CC2(CCN(C(=O)CCc3cccnc3)CC2)OC[C@]1(C)O. The molecule has 1 aromatic heterocycles. The van der Waals surface area contributed by atoms with Gasteiger partial charge in [-0.1, -0.05) is 6.07 Å². The minimum atomic E-state index is -0.837. The van der Waals surface area contributed by atoms with Crippen molar-refractivity contribution >= 4 is 5.91 Å². The van der Waals surface area contributed by atoms with Crippen LogP contribution in [0, 0.1) is 0 Å². The third-order valence-electron chi connectivity index (χ3n) is 5.72. The highest BCUT2D eigenvalue weighted by Gasteiger charge is 2.48. The van der Waals surface area contributed by atoms with Crippen molar-refractivity contribution < 1.29 is 14.6 Å². The van der Waals surface area contributed by atoms with Crippen molar-refractivity contribution in [1.82, 2.24) is 15.2 Å². The van der Waals surface area contributed by atoms with Crippen molar-refractivity contribution in [3.63, 3.8) is 0 Å². The summed E-state index contributed by atoms with van der Waals surface area (Å²) in [5, 5.41) is 13.6. The maximum atomic E-state index is 12.5. The van der Waals surface area contributed by atoms with E-state index in [0.717, 1.165) is 44.3 Å². The van der Waals surface area contributed by atoms with E-state index in [1.165, 1.54) is 0 Å². The monoisotopic (exact) mass is 347 g/mol. The van der Waals surface area contributed by atoms with Crippen LogP contribution in [-0.4, -0.2) is 64.9 Å². The zero-order valence-corrected chi connectivity index (χ0v) is 15.2. The zero-order chi connectivity index (χ0) is 17.9. The summed E-state index contributed by atoms with van der Waals surface area (Å²) in [5.74, 6) is 0.201. The Bertz CT molecular complexity index is 583. The Hall–Kier alpha value is -1.50. The normalized spacial score (nSPS) is 28.9. The number of aliphatic hydroxyl groups is 1. The first-order valence-corrected chi connectivity index (χ1v) is 9.14. The second kappa shape index (κ2) is 7.40. The number of carbonyl (C=O) groups excluding carboxylic acids is 1. The molecule has 0 aliphatic carbocycles. The molecule has 6 nitrogen and oxygen atoms in total. The van der Waals surface area contributed by atoms with Crippen LogP contribution in [0.2, 0.25) is 0 Å². The van der Waals surface area contributed by atoms with Crippen LogP contribution >= 0.6 is 0 Å². The Labute approximate surface area is 149 Å². The van der Waals surface area contributed by atoms with Crippen LogP contribution in [0.1, 0.15) is 38.2 Å². The molecule has 0 bridgehead atoms. The van der Waals surface area contributed by atoms with E-state index in [2.05, 4.69) is 10.3 Å². The van der Waals surface area contributed by atoms with Crippen molar-refractivity contribution in [3.05, 3.63) is 30.1 Å². The van der Waals surface area contributed by atoms with Crippen molar-refractivity contribution in [2.45, 2.75) is 56.3 Å². The summed E-state index contributed by atoms with van der Waals surface area (Å²) in [5.41, 5.74) is 0.0474. The van der Waals surface area contributed by atoms with Crippen LogP contribution in [0.15, 0.2) is 24.5 Å². The quantitative estimate of drug-likeness (QED) is 0.854. The minimum Gasteiger partial charge on any atom is -0.386 e. The molecule has 25 heavy (non-hydrogen) atoms. The van der Waals surface area contributed by atoms with Gasteiger partial charge in [0.25, 0.3) is 0 Å². The van der Waals surface area contributed by atoms with E-state index in [0.29, 0.717) is 13.0 Å². The van der Waals surface area contributed by atoms with E-state index in [4.69, 9.17) is 4.74 Å². The fourth-order valence-corrected chi connectivity index (χ4v) is 3.93. The summed E-state index contributed by atoms with van der Waals surface area (Å²) in [4.78, 5) is 18.5. The number of nitrogens with one attached hydrogen (secondary N) is 1. The number of nitrogens with zero attached hydrogens (tertiary/aromatic N) is 2. The highest BCUT2D eigenvalue weighted by molar-refractivity contribution is 5.76. The van der Waals surface area contributed by atoms with Crippen molar-refractivity contribution in [3.8, 4) is 0 Å². The van der Waals surface area contributed by atoms with Crippen LogP contribution in [0.25, 0.3) is 0 Å². The highest BCUT2D eigenvalue weighted by atomic mass is 16.5. The van der Waals surface area contributed by atoms with E-state index in [-0.39, 0.29) is 17.6 Å². The number of aromatic nitrogens is 1. The molecule has 3 heterocycles. The zero-order valence-electron chi connectivity index (χ0n) is 15.2. The molecule has 2 N–H and O–H groups in total. The average molecular weight is 347 g/mol. The van der Waals surface area contributed by atoms with Gasteiger partial charge in [-0.25, -0.2) is 0 Å². The third kappa shape index (κ3) is 4.19. The van der Waals surface area contributed by atoms with Gasteiger partial charge in [-0.05, 0) is 51.3 Å². The molecule has 6 heteroatoms. The van der Waals surface area contributed by atoms with Gasteiger partial charge in [0.2, 0.25) is 5.91 Å². The third-order valence-corrected chi connectivity index (χ3v) is 5.72. The topological polar surface area (TPSA) is 74.7 Å². The molecule has 1 spiro atoms. The number of ether oxygens (including phenoxy) is 1. The molecule has 2 aliphatic rings. The number of hydrogen-bond donors (Lipinski definition) is 2. The summed E-state index contributed by atoms with van der Waals surface area (Å²) in [6, 6.07) is 3.93. The van der Waals surface area contributed by atoms with E-state index < -0.39 is 5.60 Å². The Kier molecular flexibility index (Phi) is 5.41. The van der Waals surface area contributed by atoms with Gasteiger partial charge in [-0.3, -0.25) is 9.78 Å². The molecule has 2 aliphatic heterocycles. The van der Waals surface area contributed by atoms with Crippen LogP contribution in [0.4, 0.5) is 0 Å². The number of carbonyl (C=O) groups is 1. The highest BCUT2D eigenvalue weighted by Crippen LogP contribution is 2.38. The lowest BCUT2D eigenvalue weighted by Gasteiger charge is -2.50. The molecule has 2 saturated heterocycles. The molecule has 138 valence electrons. The Morgan fingerprint density at radius 2 is 2.24 bits per heavy atom. The van der Waals surface area contributed by atoms with Gasteiger partial charge in [0.05, 0.1) is 12.2 Å². The summed E-state index contributed by atoms with van der Waals surface area (Å²) < 4.78 is 6.07. The lowest BCUT2D eigenvalue weighted by atomic mass is 9.77. The number of aryl methyl sites for hydroxylation is 1. The van der Waals surface area contributed by atoms with E-state index in [9.17, 15) is 9.90 Å². The molecule has 1 amide bonds. The fourth-order valence-electron chi connectivity index (χ4n) is 3.93. The lowest BCUT2D eigenvalue weighted by Crippen LogP contribution is -2.62. The first kappa shape index (κ1) is 18.3. The number of hydrogen-bond acceptors (Lipinski definition) is 5. The van der Waals surface area contributed by atoms with E-state index in [1.807, 2.05) is 37.2 Å². The molecule has 0 radical (unpaired) electrons. The van der Waals surface area contributed by atoms with Crippen LogP contribution in [-0.2, 0) is 16.0 Å². The van der Waals surface area contributed by atoms with Crippen LogP contribution in [0.5, 0.6) is 0 Å². The first-order chi connectivity index (χ1) is 11.9. The van der Waals surface area contributed by atoms with Crippen LogP contribution in [0.3, 0.4) is 0 Å². The van der Waals surface area contributed by atoms with Crippen molar-refractivity contribution in [2.24, 2.45) is 0 Å². The van der Waals surface area contributed by atoms with Crippen molar-refractivity contribution in [2.75, 3.05) is 26.7 Å². The molecule has 2 fully saturated rings. The number of likely N-dealkylation sites (N-methyl/N-ethyl adjacent to an activating group) is 1. The Morgan fingerprint density at radius 3 is 2.88 bits per heavy atom. The molecule has 2 atom stereocenters. The molecule has 0 saturated carbocycles. The number of pyridine rings is 1. The number of rotatable bonds is 4. The smallest absolute Gasteiger partial charge is 0.222 e. The largest absolute Gasteiger partial charge is 0.386 e. The summed E-state index contributed by atoms with van der Waals surface area (Å²) in [6.45, 7) is 3.61. The Morgan fingerprint density at radius 1 is 1.48 bits per heavy atom. The van der Waals surface area contributed by atoms with E-state index >= 15 is 0 Å². The van der Waals surface area contributed by atoms with Gasteiger partial charge < -0.3 is 20.1 Å². The summed E-state index contributed by atoms with van der Waals surface area (Å²) in [6.07, 6.45) is 7.27. The molecule has 0 unspecified atom stereocenters. The first-order valence-electron chi connectivity index (χ1n) is 9.14. The minimum absolute atomic E-state index is 0.0223. The molecular formula is C19H29N3O3. The predicted molar refractivity (Wildman–Crippen MR) is 95.1 cm³/mol. The summed E-state index contributed by atoms with van der Waals surface area (Å²) in [7, 11) is 1.88. The van der Waals surface area contributed by atoms with E-state index in [1.54, 1.807) is 6.20 Å². The van der Waals surface area contributed by atoms with Gasteiger partial charge in [0, 0.05) is 37.9 Å². The Balaban J connectivity index is 1.50. The second-order valence-corrected chi connectivity index (χ2v) is 7.62. The lowest BCUT2D eigenvalue weighted by molar-refractivity contribution is -0.192. The molecule has 0 aromatic carbocycles. The summed E-state index contributed by atoms with van der Waals surface area (Å²) >= 11 is 0.